The largest absolute Gasteiger partial charge is 0.508 e. The van der Waals surface area contributed by atoms with E-state index in [1.54, 1.807) is 19.1 Å². The van der Waals surface area contributed by atoms with Gasteiger partial charge in [0.2, 0.25) is 0 Å². The Labute approximate surface area is 181 Å². The van der Waals surface area contributed by atoms with E-state index in [-0.39, 0.29) is 24.5 Å². The normalized spacial score (nSPS) is 10.4. The summed E-state index contributed by atoms with van der Waals surface area (Å²) in [6.45, 7) is 4.37. The fourth-order valence-corrected chi connectivity index (χ4v) is 2.78. The molecule has 0 unspecified atom stereocenters. The Balaban J connectivity index is 1.70. The highest BCUT2D eigenvalue weighted by atomic mass is 16.5. The number of hydrogen-bond acceptors (Lipinski definition) is 7. The SMILES string of the molecule is CCCCCOC(=O)c1ccc(C(=O)OCCCOC(=O)c2cc(C)cc(O)c2)cc1. The molecule has 0 amide bonds. The van der Waals surface area contributed by atoms with Crippen molar-refractivity contribution in [2.24, 2.45) is 0 Å². The molecule has 0 aromatic heterocycles. The summed E-state index contributed by atoms with van der Waals surface area (Å²) in [6, 6.07) is 10.6. The third-order valence-corrected chi connectivity index (χ3v) is 4.39. The minimum absolute atomic E-state index is 0.00310. The number of carbonyl (C=O) groups is 3. The fraction of sp³-hybridized carbons (Fsp3) is 0.375. The number of unbranched alkanes of at least 4 members (excludes halogenated alkanes) is 2. The van der Waals surface area contributed by atoms with Crippen molar-refractivity contribution < 1.29 is 33.7 Å². The number of esters is 3. The van der Waals surface area contributed by atoms with Crippen LogP contribution >= 0.6 is 0 Å². The van der Waals surface area contributed by atoms with Crippen molar-refractivity contribution in [3.8, 4) is 5.75 Å². The summed E-state index contributed by atoms with van der Waals surface area (Å²) in [5, 5.41) is 9.54. The number of benzene rings is 2. The van der Waals surface area contributed by atoms with Gasteiger partial charge in [-0.15, -0.1) is 0 Å². The van der Waals surface area contributed by atoms with Crippen LogP contribution in [0.25, 0.3) is 0 Å². The first-order valence-electron chi connectivity index (χ1n) is 10.3. The van der Waals surface area contributed by atoms with Crippen molar-refractivity contribution in [3.63, 3.8) is 0 Å². The van der Waals surface area contributed by atoms with Crippen LogP contribution in [0.5, 0.6) is 5.75 Å². The first-order chi connectivity index (χ1) is 14.9. The maximum atomic E-state index is 12.1. The zero-order valence-corrected chi connectivity index (χ0v) is 17.9. The average molecular weight is 428 g/mol. The van der Waals surface area contributed by atoms with Crippen molar-refractivity contribution in [3.05, 3.63) is 64.7 Å². The third-order valence-electron chi connectivity index (χ3n) is 4.39. The lowest BCUT2D eigenvalue weighted by molar-refractivity contribution is 0.0393. The van der Waals surface area contributed by atoms with E-state index in [1.165, 1.54) is 30.3 Å². The Bertz CT molecular complexity index is 867. The molecule has 7 nitrogen and oxygen atoms in total. The molecule has 7 heteroatoms. The molecule has 0 atom stereocenters. The van der Waals surface area contributed by atoms with Gasteiger partial charge in [-0.2, -0.15) is 0 Å². The quantitative estimate of drug-likeness (QED) is 0.321. The lowest BCUT2D eigenvalue weighted by Crippen LogP contribution is -2.12. The topological polar surface area (TPSA) is 99.1 Å². The minimum atomic E-state index is -0.553. The third kappa shape index (κ3) is 8.12. The van der Waals surface area contributed by atoms with E-state index in [0.29, 0.717) is 24.2 Å². The molecule has 0 aliphatic heterocycles. The van der Waals surface area contributed by atoms with Crippen molar-refractivity contribution in [2.75, 3.05) is 19.8 Å². The van der Waals surface area contributed by atoms with Gasteiger partial charge < -0.3 is 19.3 Å². The number of phenols is 1. The number of phenolic OH excluding ortho intramolecular Hbond substituents is 1. The molecule has 2 aromatic carbocycles. The molecule has 0 bridgehead atoms. The Morgan fingerprint density at radius 2 is 1.19 bits per heavy atom. The highest BCUT2D eigenvalue weighted by molar-refractivity contribution is 5.93. The standard InChI is InChI=1S/C24H28O7/c1-3-4-5-11-29-22(26)18-7-9-19(10-8-18)23(27)30-12-6-13-31-24(28)20-14-17(2)15-21(25)16-20/h7-10,14-16,25H,3-6,11-13H2,1-2H3. The van der Waals surface area contributed by atoms with Crippen LogP contribution in [-0.4, -0.2) is 42.8 Å². The van der Waals surface area contributed by atoms with Gasteiger partial charge in [-0.3, -0.25) is 0 Å². The zero-order chi connectivity index (χ0) is 22.6. The monoisotopic (exact) mass is 428 g/mol. The van der Waals surface area contributed by atoms with Crippen LogP contribution in [0.4, 0.5) is 0 Å². The van der Waals surface area contributed by atoms with Crippen LogP contribution in [0.15, 0.2) is 42.5 Å². The molecule has 0 heterocycles. The number of rotatable bonds is 11. The highest BCUT2D eigenvalue weighted by Crippen LogP contribution is 2.16. The molecule has 0 saturated heterocycles. The molecule has 1 N–H and O–H groups in total. The van der Waals surface area contributed by atoms with E-state index in [4.69, 9.17) is 14.2 Å². The van der Waals surface area contributed by atoms with Crippen LogP contribution in [0.3, 0.4) is 0 Å². The molecule has 0 fully saturated rings. The molecule has 0 aliphatic carbocycles. The van der Waals surface area contributed by atoms with Gasteiger partial charge in [0.25, 0.3) is 0 Å². The van der Waals surface area contributed by atoms with Crippen molar-refractivity contribution in [1.82, 2.24) is 0 Å². The first kappa shape index (κ1) is 23.9. The summed E-state index contributed by atoms with van der Waals surface area (Å²) in [4.78, 5) is 36.0. The molecule has 31 heavy (non-hydrogen) atoms. The Hall–Kier alpha value is -3.35. The van der Waals surface area contributed by atoms with Crippen molar-refractivity contribution in [2.45, 2.75) is 39.5 Å². The second-order valence-corrected chi connectivity index (χ2v) is 7.10. The zero-order valence-electron chi connectivity index (χ0n) is 17.9. The van der Waals surface area contributed by atoms with Gasteiger partial charge in [-0.25, -0.2) is 14.4 Å². The molecular weight excluding hydrogens is 400 g/mol. The van der Waals surface area contributed by atoms with Crippen molar-refractivity contribution in [1.29, 1.82) is 0 Å². The second kappa shape index (κ2) is 12.4. The summed E-state index contributed by atoms with van der Waals surface area (Å²) in [5.74, 6) is -1.50. The van der Waals surface area contributed by atoms with Crippen molar-refractivity contribution >= 4 is 17.9 Å². The molecular formula is C24H28O7. The molecule has 0 aliphatic rings. The first-order valence-corrected chi connectivity index (χ1v) is 10.3. The lowest BCUT2D eigenvalue weighted by atomic mass is 10.1. The maximum Gasteiger partial charge on any atom is 0.338 e. The summed E-state index contributed by atoms with van der Waals surface area (Å²) in [7, 11) is 0. The van der Waals surface area contributed by atoms with E-state index in [1.807, 2.05) is 0 Å². The van der Waals surface area contributed by atoms with Gasteiger partial charge in [-0.05, 0) is 61.4 Å². The molecule has 0 saturated carbocycles. The summed E-state index contributed by atoms with van der Waals surface area (Å²) in [6.07, 6.45) is 3.22. The average Bonchev–Trinajstić information content (AvgIpc) is 2.75. The van der Waals surface area contributed by atoms with Gasteiger partial charge in [0, 0.05) is 6.42 Å². The van der Waals surface area contributed by atoms with Gasteiger partial charge in [0.05, 0.1) is 36.5 Å². The Kier molecular flexibility index (Phi) is 9.55. The molecule has 2 rings (SSSR count). The number of hydrogen-bond donors (Lipinski definition) is 1. The summed E-state index contributed by atoms with van der Waals surface area (Å²) in [5.41, 5.74) is 1.70. The van der Waals surface area contributed by atoms with E-state index in [2.05, 4.69) is 6.92 Å². The van der Waals surface area contributed by atoms with Gasteiger partial charge in [0.15, 0.2) is 0 Å². The lowest BCUT2D eigenvalue weighted by Gasteiger charge is -2.08. The van der Waals surface area contributed by atoms with Crippen LogP contribution in [-0.2, 0) is 14.2 Å². The Morgan fingerprint density at radius 1 is 0.710 bits per heavy atom. The molecule has 2 aromatic rings. The summed E-state index contributed by atoms with van der Waals surface area (Å²) >= 11 is 0. The van der Waals surface area contributed by atoms with Crippen LogP contribution in [0.2, 0.25) is 0 Å². The molecule has 0 radical (unpaired) electrons. The van der Waals surface area contributed by atoms with Crippen LogP contribution in [0.1, 0.15) is 69.2 Å². The number of aromatic hydroxyl groups is 1. The van der Waals surface area contributed by atoms with Gasteiger partial charge >= 0.3 is 17.9 Å². The van der Waals surface area contributed by atoms with Crippen LogP contribution in [0, 0.1) is 6.92 Å². The van der Waals surface area contributed by atoms with Crippen LogP contribution < -0.4 is 0 Å². The molecule has 166 valence electrons. The number of aryl methyl sites for hydroxylation is 1. The van der Waals surface area contributed by atoms with E-state index in [9.17, 15) is 19.5 Å². The second-order valence-electron chi connectivity index (χ2n) is 7.10. The highest BCUT2D eigenvalue weighted by Gasteiger charge is 2.12. The Morgan fingerprint density at radius 3 is 1.68 bits per heavy atom. The fourth-order valence-electron chi connectivity index (χ4n) is 2.78. The van der Waals surface area contributed by atoms with Gasteiger partial charge in [-0.1, -0.05) is 19.8 Å². The van der Waals surface area contributed by atoms with Gasteiger partial charge in [0.1, 0.15) is 5.75 Å². The molecule has 0 spiro atoms. The van der Waals surface area contributed by atoms with E-state index < -0.39 is 17.9 Å². The predicted octanol–water partition coefficient (Wildman–Crippen LogP) is 4.45. The van der Waals surface area contributed by atoms with E-state index in [0.717, 1.165) is 24.8 Å². The predicted molar refractivity (Wildman–Crippen MR) is 114 cm³/mol. The smallest absolute Gasteiger partial charge is 0.338 e. The maximum absolute atomic E-state index is 12.1. The number of carbonyl (C=O) groups excluding carboxylic acids is 3. The minimum Gasteiger partial charge on any atom is -0.508 e. The van der Waals surface area contributed by atoms with E-state index >= 15 is 0 Å². The summed E-state index contributed by atoms with van der Waals surface area (Å²) < 4.78 is 15.5. The number of ether oxygens (including phenoxy) is 3.